The largest absolute Gasteiger partial charge is 0.357 e. The summed E-state index contributed by atoms with van der Waals surface area (Å²) in [5.74, 6) is 0. The SMILES string of the molecule is C=CCNc1nnc(S[C@H](C)C#N)s1. The molecule has 0 bridgehead atoms. The predicted octanol–water partition coefficient (Wildman–Crippen LogP) is 2.14. The summed E-state index contributed by atoms with van der Waals surface area (Å²) >= 11 is 2.86. The number of nitriles is 1. The minimum Gasteiger partial charge on any atom is -0.357 e. The third kappa shape index (κ3) is 3.36. The van der Waals surface area contributed by atoms with Gasteiger partial charge >= 0.3 is 0 Å². The monoisotopic (exact) mass is 226 g/mol. The quantitative estimate of drug-likeness (QED) is 0.615. The first-order valence-electron chi connectivity index (χ1n) is 4.00. The van der Waals surface area contributed by atoms with Gasteiger partial charge in [0.05, 0.1) is 11.3 Å². The molecule has 1 aromatic rings. The Morgan fingerprint density at radius 3 is 3.21 bits per heavy atom. The van der Waals surface area contributed by atoms with Crippen LogP contribution in [0.2, 0.25) is 0 Å². The fourth-order valence-corrected chi connectivity index (χ4v) is 2.46. The number of nitrogens with zero attached hydrogens (tertiary/aromatic N) is 3. The summed E-state index contributed by atoms with van der Waals surface area (Å²) in [6.45, 7) is 6.10. The Morgan fingerprint density at radius 2 is 2.57 bits per heavy atom. The van der Waals surface area contributed by atoms with Crippen LogP contribution in [-0.2, 0) is 0 Å². The van der Waals surface area contributed by atoms with Crippen LogP contribution in [0.25, 0.3) is 0 Å². The molecule has 0 radical (unpaired) electrons. The Kier molecular flexibility index (Phi) is 4.43. The molecule has 0 aliphatic rings. The summed E-state index contributed by atoms with van der Waals surface area (Å²) in [5.41, 5.74) is 0. The first-order chi connectivity index (χ1) is 6.76. The lowest BCUT2D eigenvalue weighted by Gasteiger charge is -1.95. The molecule has 1 atom stereocenters. The van der Waals surface area contributed by atoms with Gasteiger partial charge in [0.25, 0.3) is 0 Å². The van der Waals surface area contributed by atoms with Gasteiger partial charge in [-0.25, -0.2) is 0 Å². The normalized spacial score (nSPS) is 11.7. The number of nitrogens with one attached hydrogen (secondary N) is 1. The lowest BCUT2D eigenvalue weighted by Crippen LogP contribution is -1.96. The second kappa shape index (κ2) is 5.62. The van der Waals surface area contributed by atoms with Crippen LogP contribution in [0.3, 0.4) is 0 Å². The maximum absolute atomic E-state index is 8.60. The zero-order valence-corrected chi connectivity index (χ0v) is 9.36. The molecule has 6 heteroatoms. The highest BCUT2D eigenvalue weighted by molar-refractivity contribution is 8.01. The molecule has 1 N–H and O–H groups in total. The number of thioether (sulfide) groups is 1. The minimum absolute atomic E-state index is 0.0878. The summed E-state index contributed by atoms with van der Waals surface area (Å²) in [7, 11) is 0. The van der Waals surface area contributed by atoms with Crippen LogP contribution in [0.1, 0.15) is 6.92 Å². The van der Waals surface area contributed by atoms with E-state index in [0.717, 1.165) is 9.47 Å². The smallest absolute Gasteiger partial charge is 0.206 e. The molecule has 14 heavy (non-hydrogen) atoms. The molecule has 4 nitrogen and oxygen atoms in total. The molecule has 0 unspecified atom stereocenters. The van der Waals surface area contributed by atoms with Gasteiger partial charge in [-0.15, -0.1) is 16.8 Å². The topological polar surface area (TPSA) is 61.6 Å². The maximum Gasteiger partial charge on any atom is 0.206 e. The van der Waals surface area contributed by atoms with Crippen LogP contribution in [0, 0.1) is 11.3 Å². The van der Waals surface area contributed by atoms with Crippen molar-refractivity contribution in [3.05, 3.63) is 12.7 Å². The van der Waals surface area contributed by atoms with Crippen LogP contribution in [0.15, 0.2) is 17.0 Å². The van der Waals surface area contributed by atoms with Crippen molar-refractivity contribution < 1.29 is 0 Å². The van der Waals surface area contributed by atoms with Crippen LogP contribution in [-0.4, -0.2) is 22.0 Å². The molecule has 1 rings (SSSR count). The Bertz CT molecular complexity index is 341. The Morgan fingerprint density at radius 1 is 1.79 bits per heavy atom. The average molecular weight is 226 g/mol. The zero-order chi connectivity index (χ0) is 10.4. The van der Waals surface area contributed by atoms with Crippen molar-refractivity contribution in [1.29, 1.82) is 5.26 Å². The van der Waals surface area contributed by atoms with Gasteiger partial charge in [0.15, 0.2) is 4.34 Å². The molecule has 0 aliphatic heterocycles. The molecule has 0 saturated carbocycles. The fraction of sp³-hybridized carbons (Fsp3) is 0.375. The molecule has 0 amide bonds. The van der Waals surface area contributed by atoms with Gasteiger partial charge in [-0.3, -0.25) is 0 Å². The Labute approximate surface area is 91.0 Å². The minimum atomic E-state index is -0.0878. The van der Waals surface area contributed by atoms with Gasteiger partial charge in [-0.05, 0) is 6.92 Å². The first kappa shape index (κ1) is 11.0. The molecule has 0 aromatic carbocycles. The molecule has 0 spiro atoms. The molecule has 0 aliphatic carbocycles. The van der Waals surface area contributed by atoms with Gasteiger partial charge in [0, 0.05) is 6.54 Å². The summed E-state index contributed by atoms with van der Waals surface area (Å²) in [6.07, 6.45) is 1.76. The Hall–Kier alpha value is -1.06. The second-order valence-corrected chi connectivity index (χ2v) is 5.00. The third-order valence-electron chi connectivity index (χ3n) is 1.26. The molecule has 1 heterocycles. The number of hydrogen-bond donors (Lipinski definition) is 1. The fourth-order valence-electron chi connectivity index (χ4n) is 0.666. The molecule has 1 aromatic heterocycles. The third-order valence-corrected chi connectivity index (χ3v) is 3.22. The van der Waals surface area contributed by atoms with E-state index < -0.39 is 0 Å². The first-order valence-corrected chi connectivity index (χ1v) is 5.70. The molecule has 0 saturated heterocycles. The van der Waals surface area contributed by atoms with E-state index in [1.165, 1.54) is 23.1 Å². The lowest BCUT2D eigenvalue weighted by atomic mass is 10.5. The van der Waals surface area contributed by atoms with Crippen LogP contribution in [0.4, 0.5) is 5.13 Å². The van der Waals surface area contributed by atoms with E-state index in [2.05, 4.69) is 28.2 Å². The van der Waals surface area contributed by atoms with Crippen molar-refractivity contribution in [2.24, 2.45) is 0 Å². The van der Waals surface area contributed by atoms with E-state index in [4.69, 9.17) is 5.26 Å². The molecule has 0 fully saturated rings. The molecular weight excluding hydrogens is 216 g/mol. The van der Waals surface area contributed by atoms with E-state index >= 15 is 0 Å². The number of hydrogen-bond acceptors (Lipinski definition) is 6. The number of anilines is 1. The standard InChI is InChI=1S/C8H10N4S2/c1-3-4-10-7-11-12-8(14-7)13-6(2)5-9/h3,6H,1,4H2,2H3,(H,10,11)/t6-/m1/s1. The lowest BCUT2D eigenvalue weighted by molar-refractivity contribution is 1.00. The maximum atomic E-state index is 8.60. The number of rotatable bonds is 5. The van der Waals surface area contributed by atoms with Gasteiger partial charge in [0.2, 0.25) is 5.13 Å². The van der Waals surface area contributed by atoms with Crippen molar-refractivity contribution in [2.75, 3.05) is 11.9 Å². The van der Waals surface area contributed by atoms with Crippen molar-refractivity contribution in [3.63, 3.8) is 0 Å². The zero-order valence-electron chi connectivity index (χ0n) is 7.73. The van der Waals surface area contributed by atoms with Gasteiger partial charge in [0.1, 0.15) is 0 Å². The number of aromatic nitrogens is 2. The summed E-state index contributed by atoms with van der Waals surface area (Å²) in [5, 5.41) is 20.2. The van der Waals surface area contributed by atoms with Gasteiger partial charge < -0.3 is 5.32 Å². The summed E-state index contributed by atoms with van der Waals surface area (Å²) in [6, 6.07) is 2.13. The highest BCUT2D eigenvalue weighted by atomic mass is 32.2. The van der Waals surface area contributed by atoms with Crippen LogP contribution < -0.4 is 5.32 Å². The van der Waals surface area contributed by atoms with Gasteiger partial charge in [-0.1, -0.05) is 29.2 Å². The van der Waals surface area contributed by atoms with Crippen molar-refractivity contribution in [3.8, 4) is 6.07 Å². The van der Waals surface area contributed by atoms with E-state index in [1.807, 2.05) is 6.92 Å². The Balaban J connectivity index is 2.51. The summed E-state index contributed by atoms with van der Waals surface area (Å²) < 4.78 is 0.811. The van der Waals surface area contributed by atoms with Crippen LogP contribution >= 0.6 is 23.1 Å². The second-order valence-electron chi connectivity index (χ2n) is 2.43. The average Bonchev–Trinajstić information content (AvgIpc) is 2.62. The van der Waals surface area contributed by atoms with Crippen molar-refractivity contribution in [1.82, 2.24) is 10.2 Å². The van der Waals surface area contributed by atoms with E-state index in [-0.39, 0.29) is 5.25 Å². The highest BCUT2D eigenvalue weighted by Gasteiger charge is 2.07. The van der Waals surface area contributed by atoms with E-state index in [1.54, 1.807) is 6.08 Å². The van der Waals surface area contributed by atoms with Crippen molar-refractivity contribution in [2.45, 2.75) is 16.5 Å². The molecule has 74 valence electrons. The predicted molar refractivity (Wildman–Crippen MR) is 59.5 cm³/mol. The molecular formula is C8H10N4S2. The highest BCUT2D eigenvalue weighted by Crippen LogP contribution is 2.28. The van der Waals surface area contributed by atoms with Crippen molar-refractivity contribution >= 4 is 28.2 Å². The van der Waals surface area contributed by atoms with Crippen LogP contribution in [0.5, 0.6) is 0 Å². The van der Waals surface area contributed by atoms with E-state index in [9.17, 15) is 0 Å². The van der Waals surface area contributed by atoms with Gasteiger partial charge in [-0.2, -0.15) is 5.26 Å². The van der Waals surface area contributed by atoms with E-state index in [0.29, 0.717) is 6.54 Å². The summed E-state index contributed by atoms with van der Waals surface area (Å²) in [4.78, 5) is 0.